The average molecular weight is 463 g/mol. The molecular weight excluding hydrogens is 440 g/mol. The van der Waals surface area contributed by atoms with Gasteiger partial charge in [-0.3, -0.25) is 4.79 Å². The molecule has 1 saturated heterocycles. The number of benzene rings is 2. The van der Waals surface area contributed by atoms with Gasteiger partial charge in [0, 0.05) is 34.7 Å². The zero-order valence-corrected chi connectivity index (χ0v) is 18.7. The van der Waals surface area contributed by atoms with Gasteiger partial charge in [0.15, 0.2) is 0 Å². The molecule has 1 fully saturated rings. The number of halogens is 1. The van der Waals surface area contributed by atoms with Gasteiger partial charge < -0.3 is 14.5 Å². The summed E-state index contributed by atoms with van der Waals surface area (Å²) in [5, 5.41) is 4.15. The lowest BCUT2D eigenvalue weighted by Crippen LogP contribution is -2.48. The van der Waals surface area contributed by atoms with Crippen LogP contribution in [0.3, 0.4) is 0 Å². The van der Waals surface area contributed by atoms with Crippen LogP contribution in [-0.2, 0) is 26.0 Å². The van der Waals surface area contributed by atoms with Crippen molar-refractivity contribution in [3.05, 3.63) is 59.3 Å². The van der Waals surface area contributed by atoms with E-state index in [9.17, 15) is 13.2 Å². The van der Waals surface area contributed by atoms with Crippen molar-refractivity contribution >= 4 is 44.2 Å². The maximum atomic E-state index is 12.9. The highest BCUT2D eigenvalue weighted by Crippen LogP contribution is 2.26. The molecule has 0 bridgehead atoms. The van der Waals surface area contributed by atoms with E-state index in [1.807, 2.05) is 13.8 Å². The van der Waals surface area contributed by atoms with E-state index in [-0.39, 0.29) is 29.4 Å². The maximum Gasteiger partial charge on any atom is 0.243 e. The largest absolute Gasteiger partial charge is 0.464 e. The van der Waals surface area contributed by atoms with Crippen molar-refractivity contribution in [3.63, 3.8) is 0 Å². The lowest BCUT2D eigenvalue weighted by atomic mass is 10.1. The molecule has 2 atom stereocenters. The van der Waals surface area contributed by atoms with Crippen LogP contribution in [0, 0.1) is 0 Å². The first-order chi connectivity index (χ1) is 14.7. The van der Waals surface area contributed by atoms with Crippen LogP contribution in [0.25, 0.3) is 11.0 Å². The number of morpholine rings is 1. The van der Waals surface area contributed by atoms with Crippen molar-refractivity contribution in [3.8, 4) is 0 Å². The molecular formula is C22H23ClN2O5S. The number of hydrogen-bond acceptors (Lipinski definition) is 5. The molecule has 164 valence electrons. The number of furan rings is 1. The number of carbonyl (C=O) groups is 1. The number of sulfonamides is 1. The van der Waals surface area contributed by atoms with Gasteiger partial charge in [-0.2, -0.15) is 4.31 Å². The minimum absolute atomic E-state index is 0.108. The summed E-state index contributed by atoms with van der Waals surface area (Å²) >= 11 is 6.04. The summed E-state index contributed by atoms with van der Waals surface area (Å²) in [6.45, 7) is 4.34. The van der Waals surface area contributed by atoms with Crippen molar-refractivity contribution in [2.75, 3.05) is 18.4 Å². The van der Waals surface area contributed by atoms with E-state index in [0.29, 0.717) is 29.4 Å². The molecule has 2 unspecified atom stereocenters. The van der Waals surface area contributed by atoms with E-state index in [1.54, 1.807) is 36.6 Å². The number of nitrogens with one attached hydrogen (secondary N) is 1. The fourth-order valence-corrected chi connectivity index (χ4v) is 5.52. The third kappa shape index (κ3) is 4.77. The van der Waals surface area contributed by atoms with Gasteiger partial charge >= 0.3 is 0 Å². The zero-order chi connectivity index (χ0) is 22.2. The Morgan fingerprint density at radius 3 is 2.48 bits per heavy atom. The number of nitrogens with zero attached hydrogens (tertiary/aromatic N) is 1. The number of rotatable bonds is 5. The second-order valence-corrected chi connectivity index (χ2v) is 10.1. The van der Waals surface area contributed by atoms with Gasteiger partial charge in [0.2, 0.25) is 15.9 Å². The van der Waals surface area contributed by atoms with Crippen LogP contribution < -0.4 is 5.32 Å². The molecule has 31 heavy (non-hydrogen) atoms. The summed E-state index contributed by atoms with van der Waals surface area (Å²) in [5.74, 6) is -0.242. The standard InChI is InChI=1S/C22H23ClN2O5S/c1-14-11-25(12-15(2)30-14)31(27,28)19-6-4-18(5-7-19)24-22(26)9-16-13-29-21-8-3-17(23)10-20(16)21/h3-8,10,13-15H,9,11-12H2,1-2H3,(H,24,26). The lowest BCUT2D eigenvalue weighted by molar-refractivity contribution is -0.115. The van der Waals surface area contributed by atoms with Crippen molar-refractivity contribution in [2.45, 2.75) is 37.4 Å². The molecule has 0 aliphatic carbocycles. The lowest BCUT2D eigenvalue weighted by Gasteiger charge is -2.34. The van der Waals surface area contributed by atoms with Gasteiger partial charge in [0.1, 0.15) is 5.58 Å². The fourth-order valence-electron chi connectivity index (χ4n) is 3.76. The van der Waals surface area contributed by atoms with Crippen molar-refractivity contribution < 1.29 is 22.4 Å². The Bertz CT molecular complexity index is 1200. The quantitative estimate of drug-likeness (QED) is 0.617. The highest BCUT2D eigenvalue weighted by molar-refractivity contribution is 7.89. The molecule has 2 heterocycles. The Labute approximate surface area is 186 Å². The van der Waals surface area contributed by atoms with Gasteiger partial charge in [-0.25, -0.2) is 8.42 Å². The van der Waals surface area contributed by atoms with Crippen molar-refractivity contribution in [1.82, 2.24) is 4.31 Å². The first-order valence-electron chi connectivity index (χ1n) is 9.93. The van der Waals surface area contributed by atoms with Crippen LogP contribution in [0.2, 0.25) is 5.02 Å². The van der Waals surface area contributed by atoms with E-state index in [4.69, 9.17) is 20.8 Å². The Kier molecular flexibility index (Phi) is 6.07. The fraction of sp³-hybridized carbons (Fsp3) is 0.318. The van der Waals surface area contributed by atoms with E-state index < -0.39 is 10.0 Å². The molecule has 0 spiro atoms. The van der Waals surface area contributed by atoms with Gasteiger partial charge in [-0.1, -0.05) is 11.6 Å². The summed E-state index contributed by atoms with van der Waals surface area (Å²) in [6, 6.07) is 11.4. The third-order valence-corrected chi connectivity index (χ3v) is 7.21. The number of carbonyl (C=O) groups excluding carboxylic acids is 1. The average Bonchev–Trinajstić information content (AvgIpc) is 3.09. The van der Waals surface area contributed by atoms with Crippen molar-refractivity contribution in [2.24, 2.45) is 0 Å². The normalized spacial score (nSPS) is 20.1. The summed E-state index contributed by atoms with van der Waals surface area (Å²) in [6.07, 6.45) is 1.33. The molecule has 1 aliphatic heterocycles. The molecule has 1 amide bonds. The number of fused-ring (bicyclic) bond motifs is 1. The summed E-state index contributed by atoms with van der Waals surface area (Å²) in [7, 11) is -3.63. The predicted molar refractivity (Wildman–Crippen MR) is 119 cm³/mol. The molecule has 7 nitrogen and oxygen atoms in total. The highest BCUT2D eigenvalue weighted by Gasteiger charge is 2.32. The monoisotopic (exact) mass is 462 g/mol. The Hall–Kier alpha value is -2.39. The first kappa shape index (κ1) is 21.8. The Morgan fingerprint density at radius 1 is 1.13 bits per heavy atom. The second-order valence-electron chi connectivity index (χ2n) is 7.73. The van der Waals surface area contributed by atoms with Crippen LogP contribution >= 0.6 is 11.6 Å². The van der Waals surface area contributed by atoms with Crippen LogP contribution in [-0.4, -0.2) is 43.9 Å². The molecule has 2 aromatic carbocycles. The summed E-state index contributed by atoms with van der Waals surface area (Å²) in [5.41, 5.74) is 1.90. The molecule has 3 aromatic rings. The second kappa shape index (κ2) is 8.63. The van der Waals surface area contributed by atoms with Crippen molar-refractivity contribution in [1.29, 1.82) is 0 Å². The number of amides is 1. The maximum absolute atomic E-state index is 12.9. The SMILES string of the molecule is CC1CN(S(=O)(=O)c2ccc(NC(=O)Cc3coc4ccc(Cl)cc34)cc2)CC(C)O1. The molecule has 1 aromatic heterocycles. The molecule has 9 heteroatoms. The minimum Gasteiger partial charge on any atom is -0.464 e. The van der Waals surface area contributed by atoms with Crippen LogP contribution in [0.4, 0.5) is 5.69 Å². The first-order valence-corrected chi connectivity index (χ1v) is 11.8. The smallest absolute Gasteiger partial charge is 0.243 e. The molecule has 4 rings (SSSR count). The van der Waals surface area contributed by atoms with E-state index in [0.717, 1.165) is 10.9 Å². The van der Waals surface area contributed by atoms with Gasteiger partial charge in [0.05, 0.1) is 29.8 Å². The molecule has 1 aliphatic rings. The van der Waals surface area contributed by atoms with E-state index in [1.165, 1.54) is 16.4 Å². The number of ether oxygens (including phenoxy) is 1. The number of hydrogen-bond donors (Lipinski definition) is 1. The van der Waals surface area contributed by atoms with Crippen LogP contribution in [0.1, 0.15) is 19.4 Å². The predicted octanol–water partition coefficient (Wildman–Crippen LogP) is 4.07. The van der Waals surface area contributed by atoms with Gasteiger partial charge in [0.25, 0.3) is 0 Å². The molecule has 0 saturated carbocycles. The highest BCUT2D eigenvalue weighted by atomic mass is 35.5. The minimum atomic E-state index is -3.63. The summed E-state index contributed by atoms with van der Waals surface area (Å²) < 4.78 is 38.4. The Morgan fingerprint density at radius 2 is 1.81 bits per heavy atom. The Balaban J connectivity index is 1.44. The van der Waals surface area contributed by atoms with E-state index in [2.05, 4.69) is 5.32 Å². The number of anilines is 1. The molecule has 0 radical (unpaired) electrons. The third-order valence-electron chi connectivity index (χ3n) is 5.13. The topological polar surface area (TPSA) is 88.9 Å². The molecule has 1 N–H and O–H groups in total. The van der Waals surface area contributed by atoms with E-state index >= 15 is 0 Å². The zero-order valence-electron chi connectivity index (χ0n) is 17.2. The van der Waals surface area contributed by atoms with Gasteiger partial charge in [-0.15, -0.1) is 0 Å². The van der Waals surface area contributed by atoms with Gasteiger partial charge in [-0.05, 0) is 56.3 Å². The summed E-state index contributed by atoms with van der Waals surface area (Å²) in [4.78, 5) is 12.7. The van der Waals surface area contributed by atoms with Crippen LogP contribution in [0.15, 0.2) is 58.0 Å². The van der Waals surface area contributed by atoms with Crippen LogP contribution in [0.5, 0.6) is 0 Å².